The average Bonchev–Trinajstić information content (AvgIpc) is 2.92. The molecule has 0 radical (unpaired) electrons. The molecule has 0 atom stereocenters. The van der Waals surface area contributed by atoms with Crippen molar-refractivity contribution in [3.8, 4) is 0 Å². The molecule has 0 spiro atoms. The van der Waals surface area contributed by atoms with E-state index in [4.69, 9.17) is 0 Å². The Balaban J connectivity index is 1.97. The molecule has 0 bridgehead atoms. The van der Waals surface area contributed by atoms with Gasteiger partial charge < -0.3 is 15.1 Å². The molecular formula is C17H24FN5S. The van der Waals surface area contributed by atoms with Crippen molar-refractivity contribution in [3.63, 3.8) is 0 Å². The SMILES string of the molecule is CN=C(NCc1ccc(N(C)C)c(F)c1)N(C)Cc1csc(C)n1. The molecule has 0 unspecified atom stereocenters. The second-order valence-electron chi connectivity index (χ2n) is 5.79. The minimum Gasteiger partial charge on any atom is -0.375 e. The highest BCUT2D eigenvalue weighted by Gasteiger charge is 2.10. The molecule has 7 heteroatoms. The van der Waals surface area contributed by atoms with Crippen LogP contribution in [0.2, 0.25) is 0 Å². The Bertz CT molecular complexity index is 711. The fraction of sp³-hybridized carbons (Fsp3) is 0.412. The average molecular weight is 349 g/mol. The summed E-state index contributed by atoms with van der Waals surface area (Å²) in [5.41, 5.74) is 2.47. The number of benzene rings is 1. The summed E-state index contributed by atoms with van der Waals surface area (Å²) in [6, 6.07) is 5.26. The maximum atomic E-state index is 14.0. The summed E-state index contributed by atoms with van der Waals surface area (Å²) in [4.78, 5) is 12.5. The van der Waals surface area contributed by atoms with E-state index in [9.17, 15) is 4.39 Å². The van der Waals surface area contributed by atoms with Crippen LogP contribution in [0.25, 0.3) is 0 Å². The van der Waals surface area contributed by atoms with Crippen molar-refractivity contribution in [3.05, 3.63) is 45.7 Å². The maximum absolute atomic E-state index is 14.0. The summed E-state index contributed by atoms with van der Waals surface area (Å²) >= 11 is 1.64. The van der Waals surface area contributed by atoms with Crippen molar-refractivity contribution in [2.75, 3.05) is 33.1 Å². The molecule has 5 nitrogen and oxygen atoms in total. The highest BCUT2D eigenvalue weighted by molar-refractivity contribution is 7.09. The summed E-state index contributed by atoms with van der Waals surface area (Å²) in [7, 11) is 7.35. The van der Waals surface area contributed by atoms with Crippen molar-refractivity contribution >= 4 is 23.0 Å². The van der Waals surface area contributed by atoms with Crippen LogP contribution in [-0.2, 0) is 13.1 Å². The van der Waals surface area contributed by atoms with Crippen LogP contribution < -0.4 is 10.2 Å². The number of nitrogens with one attached hydrogen (secondary N) is 1. The van der Waals surface area contributed by atoms with Gasteiger partial charge >= 0.3 is 0 Å². The van der Waals surface area contributed by atoms with Gasteiger partial charge in [0.1, 0.15) is 5.82 Å². The highest BCUT2D eigenvalue weighted by Crippen LogP contribution is 2.18. The summed E-state index contributed by atoms with van der Waals surface area (Å²) in [6.45, 7) is 3.18. The van der Waals surface area contributed by atoms with Crippen LogP contribution in [0.15, 0.2) is 28.6 Å². The predicted octanol–water partition coefficient (Wildman–Crippen LogP) is 2.86. The predicted molar refractivity (Wildman–Crippen MR) is 99.2 cm³/mol. The van der Waals surface area contributed by atoms with Crippen molar-refractivity contribution in [2.24, 2.45) is 4.99 Å². The number of hydrogen-bond donors (Lipinski definition) is 1. The molecule has 1 N–H and O–H groups in total. The van der Waals surface area contributed by atoms with Gasteiger partial charge in [-0.25, -0.2) is 9.37 Å². The van der Waals surface area contributed by atoms with Gasteiger partial charge in [-0.3, -0.25) is 4.99 Å². The fourth-order valence-electron chi connectivity index (χ4n) is 2.39. The van der Waals surface area contributed by atoms with Crippen LogP contribution in [0.5, 0.6) is 0 Å². The molecule has 1 aromatic heterocycles. The molecule has 1 aromatic carbocycles. The second kappa shape index (κ2) is 8.10. The van der Waals surface area contributed by atoms with Gasteiger partial charge in [0, 0.05) is 40.1 Å². The van der Waals surface area contributed by atoms with E-state index < -0.39 is 0 Å². The van der Waals surface area contributed by atoms with Crippen LogP contribution in [-0.4, -0.2) is 44.0 Å². The number of aromatic nitrogens is 1. The van der Waals surface area contributed by atoms with E-state index in [1.807, 2.05) is 39.0 Å². The van der Waals surface area contributed by atoms with Crippen LogP contribution >= 0.6 is 11.3 Å². The minimum atomic E-state index is -0.222. The second-order valence-corrected chi connectivity index (χ2v) is 6.86. The largest absolute Gasteiger partial charge is 0.375 e. The number of thiazole rings is 1. The Labute approximate surface area is 146 Å². The number of hydrogen-bond acceptors (Lipinski definition) is 4. The molecule has 0 fully saturated rings. The third kappa shape index (κ3) is 4.67. The van der Waals surface area contributed by atoms with Gasteiger partial charge in [0.15, 0.2) is 5.96 Å². The van der Waals surface area contributed by atoms with Gasteiger partial charge in [0.05, 0.1) is 22.9 Å². The smallest absolute Gasteiger partial charge is 0.194 e. The number of anilines is 1. The maximum Gasteiger partial charge on any atom is 0.194 e. The zero-order valence-corrected chi connectivity index (χ0v) is 15.6. The number of nitrogens with zero attached hydrogens (tertiary/aromatic N) is 4. The Hall–Kier alpha value is -2.15. The normalized spacial score (nSPS) is 11.5. The Morgan fingerprint density at radius 2 is 2.08 bits per heavy atom. The Kier molecular flexibility index (Phi) is 6.14. The standard InChI is InChI=1S/C17H24FN5S/c1-12-21-14(11-24-12)10-23(5)17(19-2)20-9-13-6-7-16(22(3)4)15(18)8-13/h6-8,11H,9-10H2,1-5H3,(H,19,20). The van der Waals surface area contributed by atoms with E-state index in [1.54, 1.807) is 35.4 Å². The topological polar surface area (TPSA) is 43.8 Å². The molecule has 0 aliphatic carbocycles. The lowest BCUT2D eigenvalue weighted by Crippen LogP contribution is -2.38. The first-order valence-corrected chi connectivity index (χ1v) is 8.57. The first kappa shape index (κ1) is 18.2. The molecule has 0 aliphatic heterocycles. The van der Waals surface area contributed by atoms with Crippen molar-refractivity contribution in [1.29, 1.82) is 0 Å². The number of aliphatic imine (C=N–C) groups is 1. The molecule has 0 saturated carbocycles. The molecule has 2 aromatic rings. The van der Waals surface area contributed by atoms with Gasteiger partial charge in [0.2, 0.25) is 0 Å². The van der Waals surface area contributed by atoms with E-state index in [-0.39, 0.29) is 5.82 Å². The van der Waals surface area contributed by atoms with Gasteiger partial charge in [0.25, 0.3) is 0 Å². The van der Waals surface area contributed by atoms with Gasteiger partial charge in [-0.15, -0.1) is 11.3 Å². The fourth-order valence-corrected chi connectivity index (χ4v) is 2.99. The van der Waals surface area contributed by atoms with Crippen molar-refractivity contribution < 1.29 is 4.39 Å². The zero-order valence-electron chi connectivity index (χ0n) is 14.8. The molecule has 0 amide bonds. The monoisotopic (exact) mass is 349 g/mol. The first-order valence-electron chi connectivity index (χ1n) is 7.69. The molecule has 1 heterocycles. The lowest BCUT2D eigenvalue weighted by atomic mass is 10.2. The zero-order chi connectivity index (χ0) is 17.7. The number of halogens is 1. The summed E-state index contributed by atoms with van der Waals surface area (Å²) in [6.07, 6.45) is 0. The molecule has 130 valence electrons. The number of aryl methyl sites for hydroxylation is 1. The minimum absolute atomic E-state index is 0.222. The van der Waals surface area contributed by atoms with Crippen molar-refractivity contribution in [1.82, 2.24) is 15.2 Å². The van der Waals surface area contributed by atoms with E-state index >= 15 is 0 Å². The number of rotatable bonds is 5. The van der Waals surface area contributed by atoms with E-state index in [0.29, 0.717) is 18.8 Å². The summed E-state index contributed by atoms with van der Waals surface area (Å²) in [5.74, 6) is 0.526. The third-order valence-corrected chi connectivity index (χ3v) is 4.41. The number of guanidine groups is 1. The lowest BCUT2D eigenvalue weighted by Gasteiger charge is -2.21. The van der Waals surface area contributed by atoms with Crippen molar-refractivity contribution in [2.45, 2.75) is 20.0 Å². The van der Waals surface area contributed by atoms with Crippen LogP contribution in [0.4, 0.5) is 10.1 Å². The lowest BCUT2D eigenvalue weighted by molar-refractivity contribution is 0.470. The Morgan fingerprint density at radius 3 is 2.62 bits per heavy atom. The van der Waals surface area contributed by atoms with Crippen LogP contribution in [0.1, 0.15) is 16.3 Å². The Morgan fingerprint density at radius 1 is 1.33 bits per heavy atom. The van der Waals surface area contributed by atoms with Crippen LogP contribution in [0, 0.1) is 12.7 Å². The summed E-state index contributed by atoms with van der Waals surface area (Å²) in [5, 5.41) is 6.36. The molecular weight excluding hydrogens is 325 g/mol. The van der Waals surface area contributed by atoms with Crippen LogP contribution in [0.3, 0.4) is 0 Å². The third-order valence-electron chi connectivity index (χ3n) is 3.58. The van der Waals surface area contributed by atoms with Gasteiger partial charge in [-0.2, -0.15) is 0 Å². The van der Waals surface area contributed by atoms with Gasteiger partial charge in [-0.1, -0.05) is 6.07 Å². The van der Waals surface area contributed by atoms with E-state index in [0.717, 1.165) is 22.2 Å². The highest BCUT2D eigenvalue weighted by atomic mass is 32.1. The summed E-state index contributed by atoms with van der Waals surface area (Å²) < 4.78 is 14.0. The van der Waals surface area contributed by atoms with E-state index in [2.05, 4.69) is 20.7 Å². The molecule has 2 rings (SSSR count). The van der Waals surface area contributed by atoms with Gasteiger partial charge in [-0.05, 0) is 24.6 Å². The van der Waals surface area contributed by atoms with E-state index in [1.165, 1.54) is 0 Å². The molecule has 0 aliphatic rings. The quantitative estimate of drug-likeness (QED) is 0.666. The first-order chi connectivity index (χ1) is 11.4. The molecule has 24 heavy (non-hydrogen) atoms. The molecule has 0 saturated heterocycles.